The van der Waals surface area contributed by atoms with Crippen molar-refractivity contribution in [3.05, 3.63) is 65.5 Å². The van der Waals surface area contributed by atoms with Gasteiger partial charge in [-0.2, -0.15) is 4.80 Å². The zero-order valence-corrected chi connectivity index (χ0v) is 11.9. The van der Waals surface area contributed by atoms with Crippen molar-refractivity contribution in [2.75, 3.05) is 0 Å². The molecule has 0 aliphatic carbocycles. The minimum absolute atomic E-state index is 0.0810. The van der Waals surface area contributed by atoms with Gasteiger partial charge in [0, 0.05) is 11.1 Å². The van der Waals surface area contributed by atoms with Crippen LogP contribution in [0, 0.1) is 12.7 Å². The first-order valence-electron chi connectivity index (χ1n) is 6.75. The first-order valence-corrected chi connectivity index (χ1v) is 6.75. The van der Waals surface area contributed by atoms with Crippen LogP contribution < -0.4 is 0 Å². The summed E-state index contributed by atoms with van der Waals surface area (Å²) < 4.78 is 13.1. The molecule has 6 heteroatoms. The molecule has 0 N–H and O–H groups in total. The van der Waals surface area contributed by atoms with E-state index in [0.717, 1.165) is 11.1 Å². The van der Waals surface area contributed by atoms with E-state index in [1.54, 1.807) is 6.07 Å². The van der Waals surface area contributed by atoms with Crippen molar-refractivity contribution >= 4 is 5.78 Å². The Morgan fingerprint density at radius 1 is 1.18 bits per heavy atom. The molecular formula is C16H13FN4O. The number of carbonyl (C=O) groups is 1. The number of halogens is 1. The van der Waals surface area contributed by atoms with Gasteiger partial charge in [-0.1, -0.05) is 42.0 Å². The normalized spacial score (nSPS) is 10.6. The number of tetrazole rings is 1. The molecule has 0 aliphatic heterocycles. The Morgan fingerprint density at radius 2 is 1.95 bits per heavy atom. The molecule has 110 valence electrons. The summed E-state index contributed by atoms with van der Waals surface area (Å²) in [7, 11) is 0. The van der Waals surface area contributed by atoms with Crippen LogP contribution in [0.1, 0.15) is 15.9 Å². The maximum atomic E-state index is 13.1. The standard InChI is InChI=1S/C16H13FN4O/c1-11-5-7-12(8-6-11)16-18-20-21(19-16)10-15(22)13-3-2-4-14(17)9-13/h2-9H,10H2,1H3. The summed E-state index contributed by atoms with van der Waals surface area (Å²) in [6, 6.07) is 13.2. The predicted molar refractivity (Wildman–Crippen MR) is 78.7 cm³/mol. The molecule has 1 heterocycles. The monoisotopic (exact) mass is 296 g/mol. The lowest BCUT2D eigenvalue weighted by Gasteiger charge is -1.99. The molecule has 5 nitrogen and oxygen atoms in total. The van der Waals surface area contributed by atoms with Crippen LogP contribution in [0.15, 0.2) is 48.5 Å². The minimum Gasteiger partial charge on any atom is -0.292 e. The molecule has 0 saturated heterocycles. The number of aromatic nitrogens is 4. The van der Waals surface area contributed by atoms with E-state index in [0.29, 0.717) is 5.82 Å². The summed E-state index contributed by atoms with van der Waals surface area (Å²) in [5.41, 5.74) is 2.25. The number of hydrogen-bond donors (Lipinski definition) is 0. The molecule has 1 aromatic heterocycles. The highest BCUT2D eigenvalue weighted by Crippen LogP contribution is 2.14. The summed E-state index contributed by atoms with van der Waals surface area (Å²) in [5.74, 6) is -0.267. The zero-order valence-electron chi connectivity index (χ0n) is 11.9. The number of carbonyl (C=O) groups excluding carboxylic acids is 1. The van der Waals surface area contributed by atoms with Crippen molar-refractivity contribution in [1.29, 1.82) is 0 Å². The fraction of sp³-hybridized carbons (Fsp3) is 0.125. The highest BCUT2D eigenvalue weighted by atomic mass is 19.1. The van der Waals surface area contributed by atoms with Gasteiger partial charge < -0.3 is 0 Å². The number of ketones is 1. The Balaban J connectivity index is 1.77. The Hall–Kier alpha value is -2.89. The van der Waals surface area contributed by atoms with Crippen molar-refractivity contribution in [2.24, 2.45) is 0 Å². The quantitative estimate of drug-likeness (QED) is 0.694. The van der Waals surface area contributed by atoms with Crippen LogP contribution in [0.4, 0.5) is 4.39 Å². The van der Waals surface area contributed by atoms with Gasteiger partial charge in [-0.3, -0.25) is 4.79 Å². The molecule has 0 radical (unpaired) electrons. The van der Waals surface area contributed by atoms with Crippen molar-refractivity contribution in [1.82, 2.24) is 20.2 Å². The van der Waals surface area contributed by atoms with Crippen LogP contribution in [0.25, 0.3) is 11.4 Å². The van der Waals surface area contributed by atoms with E-state index in [1.165, 1.54) is 23.0 Å². The van der Waals surface area contributed by atoms with E-state index in [9.17, 15) is 9.18 Å². The number of rotatable bonds is 4. The molecule has 0 amide bonds. The summed E-state index contributed by atoms with van der Waals surface area (Å²) in [6.45, 7) is 1.91. The van der Waals surface area contributed by atoms with Crippen LogP contribution in [0.3, 0.4) is 0 Å². The molecule has 3 aromatic rings. The lowest BCUT2D eigenvalue weighted by atomic mass is 10.1. The second-order valence-corrected chi connectivity index (χ2v) is 4.94. The van der Waals surface area contributed by atoms with E-state index < -0.39 is 5.82 Å². The topological polar surface area (TPSA) is 60.7 Å². The molecule has 0 unspecified atom stereocenters. The third kappa shape index (κ3) is 3.06. The van der Waals surface area contributed by atoms with Crippen LogP contribution >= 0.6 is 0 Å². The highest BCUT2D eigenvalue weighted by Gasteiger charge is 2.11. The van der Waals surface area contributed by atoms with E-state index in [-0.39, 0.29) is 17.9 Å². The molecule has 0 saturated carbocycles. The smallest absolute Gasteiger partial charge is 0.204 e. The zero-order chi connectivity index (χ0) is 15.5. The van der Waals surface area contributed by atoms with Crippen molar-refractivity contribution in [3.8, 4) is 11.4 Å². The summed E-state index contributed by atoms with van der Waals surface area (Å²) in [5, 5.41) is 12.0. The van der Waals surface area contributed by atoms with Gasteiger partial charge in [-0.05, 0) is 24.3 Å². The molecule has 0 atom stereocenters. The van der Waals surface area contributed by atoms with E-state index in [1.807, 2.05) is 31.2 Å². The molecule has 0 bridgehead atoms. The van der Waals surface area contributed by atoms with Crippen molar-refractivity contribution in [2.45, 2.75) is 13.5 Å². The van der Waals surface area contributed by atoms with Gasteiger partial charge in [-0.25, -0.2) is 4.39 Å². The first kappa shape index (κ1) is 14.1. The van der Waals surface area contributed by atoms with Crippen LogP contribution in [0.2, 0.25) is 0 Å². The molecule has 0 spiro atoms. The van der Waals surface area contributed by atoms with E-state index in [2.05, 4.69) is 15.4 Å². The van der Waals surface area contributed by atoms with E-state index >= 15 is 0 Å². The Kier molecular flexibility index (Phi) is 3.74. The third-order valence-electron chi connectivity index (χ3n) is 3.19. The fourth-order valence-electron chi connectivity index (χ4n) is 2.01. The Bertz CT molecular complexity index is 811. The van der Waals surface area contributed by atoms with Crippen LogP contribution in [0.5, 0.6) is 0 Å². The summed E-state index contributed by atoms with van der Waals surface area (Å²) >= 11 is 0. The minimum atomic E-state index is -0.447. The predicted octanol–water partition coefficient (Wildman–Crippen LogP) is 2.67. The Labute approximate surface area is 126 Å². The van der Waals surface area contributed by atoms with Crippen molar-refractivity contribution in [3.63, 3.8) is 0 Å². The third-order valence-corrected chi connectivity index (χ3v) is 3.19. The molecule has 3 rings (SSSR count). The number of aryl methyl sites for hydroxylation is 1. The number of benzene rings is 2. The van der Waals surface area contributed by atoms with Crippen LogP contribution in [-0.2, 0) is 6.54 Å². The summed E-state index contributed by atoms with van der Waals surface area (Å²) in [4.78, 5) is 13.3. The summed E-state index contributed by atoms with van der Waals surface area (Å²) in [6.07, 6.45) is 0. The molecule has 2 aromatic carbocycles. The molecular weight excluding hydrogens is 283 g/mol. The van der Waals surface area contributed by atoms with Gasteiger partial charge in [0.15, 0.2) is 5.78 Å². The molecule has 0 fully saturated rings. The van der Waals surface area contributed by atoms with E-state index in [4.69, 9.17) is 0 Å². The SMILES string of the molecule is Cc1ccc(-c2nnn(CC(=O)c3cccc(F)c3)n2)cc1. The van der Waals surface area contributed by atoms with Gasteiger partial charge in [0.2, 0.25) is 5.82 Å². The average Bonchev–Trinajstić information content (AvgIpc) is 2.96. The second-order valence-electron chi connectivity index (χ2n) is 4.94. The molecule has 22 heavy (non-hydrogen) atoms. The van der Waals surface area contributed by atoms with Crippen LogP contribution in [-0.4, -0.2) is 26.0 Å². The number of Topliss-reactive ketones (excluding diaryl/α,β-unsaturated/α-hetero) is 1. The van der Waals surface area contributed by atoms with Crippen molar-refractivity contribution < 1.29 is 9.18 Å². The second kappa shape index (κ2) is 5.85. The lowest BCUT2D eigenvalue weighted by Crippen LogP contribution is -2.13. The van der Waals surface area contributed by atoms with Gasteiger partial charge in [0.1, 0.15) is 12.4 Å². The largest absolute Gasteiger partial charge is 0.292 e. The van der Waals surface area contributed by atoms with Gasteiger partial charge in [0.25, 0.3) is 0 Å². The first-order chi connectivity index (χ1) is 10.6. The van der Waals surface area contributed by atoms with Gasteiger partial charge >= 0.3 is 0 Å². The number of hydrogen-bond acceptors (Lipinski definition) is 4. The average molecular weight is 296 g/mol. The highest BCUT2D eigenvalue weighted by molar-refractivity contribution is 5.95. The Morgan fingerprint density at radius 3 is 2.68 bits per heavy atom. The maximum absolute atomic E-state index is 13.1. The molecule has 0 aliphatic rings. The lowest BCUT2D eigenvalue weighted by molar-refractivity contribution is 0.0961. The van der Waals surface area contributed by atoms with Gasteiger partial charge in [-0.15, -0.1) is 10.2 Å². The van der Waals surface area contributed by atoms with Gasteiger partial charge in [0.05, 0.1) is 0 Å². The fourth-order valence-corrected chi connectivity index (χ4v) is 2.01. The number of nitrogens with zero attached hydrogens (tertiary/aromatic N) is 4. The maximum Gasteiger partial charge on any atom is 0.204 e.